The van der Waals surface area contributed by atoms with Crippen LogP contribution >= 0.6 is 0 Å². The minimum atomic E-state index is 0.896. The first kappa shape index (κ1) is 30.1. The summed E-state index contributed by atoms with van der Waals surface area (Å²) in [5.74, 6) is 0.896. The van der Waals surface area contributed by atoms with Crippen LogP contribution in [-0.2, 0) is 0 Å². The molecule has 12 aromatic rings. The zero-order chi connectivity index (χ0) is 36.0. The van der Waals surface area contributed by atoms with E-state index in [1.165, 1.54) is 76.3 Å². The van der Waals surface area contributed by atoms with E-state index >= 15 is 0 Å². The second kappa shape index (κ2) is 11.5. The minimum Gasteiger partial charge on any atom is -0.309 e. The van der Waals surface area contributed by atoms with Crippen molar-refractivity contribution in [3.63, 3.8) is 0 Å². The van der Waals surface area contributed by atoms with E-state index in [4.69, 9.17) is 4.98 Å². The highest BCUT2D eigenvalue weighted by Gasteiger charge is 2.23. The van der Waals surface area contributed by atoms with Crippen molar-refractivity contribution in [3.8, 4) is 28.3 Å². The average molecular weight is 701 g/mol. The summed E-state index contributed by atoms with van der Waals surface area (Å²) in [7, 11) is 0. The van der Waals surface area contributed by atoms with Gasteiger partial charge in [-0.05, 0) is 101 Å². The topological polar surface area (TPSA) is 27.7 Å². The summed E-state index contributed by atoms with van der Waals surface area (Å²) in [5.41, 5.74) is 11.7. The second-order valence-corrected chi connectivity index (χ2v) is 14.4. The predicted octanol–water partition coefficient (Wildman–Crippen LogP) is 13.2. The first-order valence-electron chi connectivity index (χ1n) is 18.8. The fraction of sp³-hybridized carbons (Fsp3) is 0. The van der Waals surface area contributed by atoms with E-state index in [1.54, 1.807) is 0 Å². The summed E-state index contributed by atoms with van der Waals surface area (Å²) in [6.45, 7) is 0. The molecule has 0 saturated carbocycles. The molecular formula is C51H32N4. The molecule has 4 nitrogen and oxygen atoms in total. The number of hydrogen-bond acceptors (Lipinski definition) is 1. The summed E-state index contributed by atoms with van der Waals surface area (Å²) in [4.78, 5) is 4.95. The largest absolute Gasteiger partial charge is 0.309 e. The molecular weight excluding hydrogens is 669 g/mol. The molecule has 0 N–H and O–H groups in total. The van der Waals surface area contributed by atoms with E-state index in [0.717, 1.165) is 28.2 Å². The van der Waals surface area contributed by atoms with Crippen LogP contribution < -0.4 is 0 Å². The lowest BCUT2D eigenvalue weighted by Gasteiger charge is -2.12. The zero-order valence-electron chi connectivity index (χ0n) is 29.8. The third-order valence-corrected chi connectivity index (χ3v) is 11.4. The van der Waals surface area contributed by atoms with E-state index in [0.29, 0.717) is 0 Å². The van der Waals surface area contributed by atoms with Gasteiger partial charge in [0.1, 0.15) is 5.82 Å². The summed E-state index contributed by atoms with van der Waals surface area (Å²) in [5, 5.41) is 9.81. The number of para-hydroxylation sites is 3. The Balaban J connectivity index is 1.17. The van der Waals surface area contributed by atoms with Crippen LogP contribution in [0.3, 0.4) is 0 Å². The second-order valence-electron chi connectivity index (χ2n) is 14.4. The van der Waals surface area contributed by atoms with Gasteiger partial charge >= 0.3 is 0 Å². The minimum absolute atomic E-state index is 0.896. The van der Waals surface area contributed by atoms with Crippen molar-refractivity contribution in [3.05, 3.63) is 194 Å². The molecule has 0 aliphatic rings. The van der Waals surface area contributed by atoms with Crippen molar-refractivity contribution in [1.82, 2.24) is 18.7 Å². The summed E-state index contributed by atoms with van der Waals surface area (Å²) >= 11 is 0. The number of rotatable bonds is 4. The molecule has 55 heavy (non-hydrogen) atoms. The standard InChI is InChI=1S/C51H32N4/c1-3-15-37(16-4-1)53-45-20-10-9-19-39(45)42-30-35(22-26-46(42)53)36-23-27-47-43(31-36)40-24-25-41-44-29-33-13-7-8-14-34(33)32-48(44)54(38-17-5-2-6-18-38)50(41)51(40)55(47)49-21-11-12-28-52-49/h1-32H. The number of pyridine rings is 1. The molecule has 0 radical (unpaired) electrons. The van der Waals surface area contributed by atoms with E-state index in [2.05, 4.69) is 196 Å². The molecule has 0 saturated heterocycles. The summed E-state index contributed by atoms with van der Waals surface area (Å²) in [6.07, 6.45) is 1.89. The van der Waals surface area contributed by atoms with Gasteiger partial charge in [0.2, 0.25) is 0 Å². The Morgan fingerprint density at radius 1 is 0.309 bits per heavy atom. The van der Waals surface area contributed by atoms with Crippen LogP contribution in [0.15, 0.2) is 194 Å². The normalized spacial score (nSPS) is 12.0. The number of benzene rings is 8. The summed E-state index contributed by atoms with van der Waals surface area (Å²) in [6, 6.07) is 68.2. The maximum atomic E-state index is 4.95. The lowest BCUT2D eigenvalue weighted by Crippen LogP contribution is -2.00. The maximum absolute atomic E-state index is 4.95. The number of nitrogens with zero attached hydrogens (tertiary/aromatic N) is 4. The first-order chi connectivity index (χ1) is 27.3. The molecule has 0 amide bonds. The molecule has 0 unspecified atom stereocenters. The van der Waals surface area contributed by atoms with Crippen molar-refractivity contribution in [2.75, 3.05) is 0 Å². The molecule has 4 aromatic heterocycles. The Morgan fingerprint density at radius 2 is 0.836 bits per heavy atom. The smallest absolute Gasteiger partial charge is 0.137 e. The van der Waals surface area contributed by atoms with E-state index in [1.807, 2.05) is 12.3 Å². The first-order valence-corrected chi connectivity index (χ1v) is 18.8. The molecule has 4 heteroatoms. The number of hydrogen-bond donors (Lipinski definition) is 0. The quantitative estimate of drug-likeness (QED) is 0.180. The Hall–Kier alpha value is -7.43. The maximum Gasteiger partial charge on any atom is 0.137 e. The van der Waals surface area contributed by atoms with E-state index in [9.17, 15) is 0 Å². The van der Waals surface area contributed by atoms with Crippen molar-refractivity contribution >= 4 is 76.2 Å². The van der Waals surface area contributed by atoms with Gasteiger partial charge in [0.25, 0.3) is 0 Å². The molecule has 8 aromatic carbocycles. The van der Waals surface area contributed by atoms with Gasteiger partial charge in [-0.3, -0.25) is 4.57 Å². The lowest BCUT2D eigenvalue weighted by molar-refractivity contribution is 1.08. The Kier molecular flexibility index (Phi) is 6.31. The average Bonchev–Trinajstić information content (AvgIpc) is 3.88. The van der Waals surface area contributed by atoms with Gasteiger partial charge < -0.3 is 9.13 Å². The molecule has 0 bridgehead atoms. The van der Waals surface area contributed by atoms with Crippen LogP contribution in [0.25, 0.3) is 105 Å². The van der Waals surface area contributed by atoms with E-state index in [-0.39, 0.29) is 0 Å². The SMILES string of the molecule is c1ccc(-n2c3ccccc3c3cc(-c4ccc5c(c4)c4ccc6c7cc8ccccc8cc7n(-c7ccccc7)c6c4n5-c4ccccn4)ccc32)cc1. The molecule has 0 atom stereocenters. The van der Waals surface area contributed by atoms with Crippen LogP contribution in [0, 0.1) is 0 Å². The molecule has 0 spiro atoms. The van der Waals surface area contributed by atoms with Gasteiger partial charge in [0, 0.05) is 49.9 Å². The fourth-order valence-corrected chi connectivity index (χ4v) is 9.04. The number of aromatic nitrogens is 4. The van der Waals surface area contributed by atoms with Crippen LogP contribution in [0.4, 0.5) is 0 Å². The van der Waals surface area contributed by atoms with E-state index < -0.39 is 0 Å². The lowest BCUT2D eigenvalue weighted by atomic mass is 10.00. The highest BCUT2D eigenvalue weighted by atomic mass is 15.1. The molecule has 256 valence electrons. The highest BCUT2D eigenvalue weighted by molar-refractivity contribution is 6.25. The van der Waals surface area contributed by atoms with Gasteiger partial charge in [0.15, 0.2) is 0 Å². The van der Waals surface area contributed by atoms with Gasteiger partial charge in [-0.2, -0.15) is 0 Å². The van der Waals surface area contributed by atoms with Crippen molar-refractivity contribution in [2.24, 2.45) is 0 Å². The Bertz CT molecular complexity index is 3460. The Morgan fingerprint density at radius 3 is 1.53 bits per heavy atom. The van der Waals surface area contributed by atoms with Crippen molar-refractivity contribution in [2.45, 2.75) is 0 Å². The zero-order valence-corrected chi connectivity index (χ0v) is 29.8. The van der Waals surface area contributed by atoms with Gasteiger partial charge in [-0.25, -0.2) is 4.98 Å². The third kappa shape index (κ3) is 4.37. The molecule has 4 heterocycles. The molecule has 0 fully saturated rings. The van der Waals surface area contributed by atoms with Crippen LogP contribution in [0.1, 0.15) is 0 Å². The Labute approximate surface area is 316 Å². The van der Waals surface area contributed by atoms with Crippen molar-refractivity contribution in [1.29, 1.82) is 0 Å². The van der Waals surface area contributed by atoms with Crippen molar-refractivity contribution < 1.29 is 0 Å². The highest BCUT2D eigenvalue weighted by Crippen LogP contribution is 2.44. The third-order valence-electron chi connectivity index (χ3n) is 11.4. The van der Waals surface area contributed by atoms with Gasteiger partial charge in [-0.15, -0.1) is 0 Å². The van der Waals surface area contributed by atoms with Gasteiger partial charge in [-0.1, -0.05) is 109 Å². The number of fused-ring (bicyclic) bond motifs is 11. The van der Waals surface area contributed by atoms with Crippen LogP contribution in [0.5, 0.6) is 0 Å². The summed E-state index contributed by atoms with van der Waals surface area (Å²) < 4.78 is 7.19. The van der Waals surface area contributed by atoms with Gasteiger partial charge in [0.05, 0.1) is 33.1 Å². The molecule has 12 rings (SSSR count). The fourth-order valence-electron chi connectivity index (χ4n) is 9.04. The van der Waals surface area contributed by atoms with Crippen LogP contribution in [-0.4, -0.2) is 18.7 Å². The molecule has 0 aliphatic carbocycles. The molecule has 0 aliphatic heterocycles. The predicted molar refractivity (Wildman–Crippen MR) is 230 cm³/mol. The van der Waals surface area contributed by atoms with Crippen LogP contribution in [0.2, 0.25) is 0 Å². The monoisotopic (exact) mass is 700 g/mol.